The normalized spacial score (nSPS) is 12.5. The van der Waals surface area contributed by atoms with Crippen LogP contribution in [0.3, 0.4) is 0 Å². The van der Waals surface area contributed by atoms with Crippen molar-refractivity contribution >= 4 is 28.1 Å². The van der Waals surface area contributed by atoms with Crippen LogP contribution in [0.25, 0.3) is 10.9 Å². The van der Waals surface area contributed by atoms with Crippen LogP contribution in [0.4, 0.5) is 0 Å². The summed E-state index contributed by atoms with van der Waals surface area (Å²) in [5, 5.41) is 6.18. The Kier molecular flexibility index (Phi) is 4.20. The van der Waals surface area contributed by atoms with E-state index < -0.39 is 0 Å². The van der Waals surface area contributed by atoms with Gasteiger partial charge in [-0.3, -0.25) is 4.79 Å². The number of hydrogen-bond acceptors (Lipinski definition) is 3. The molecule has 3 nitrogen and oxygen atoms in total. The molecule has 0 aliphatic heterocycles. The SMILES string of the molecule is CC(C)[C@H](NC(=O)c1ccc2ccccc2n1)c1cccs1. The molecule has 3 aromatic rings. The minimum Gasteiger partial charge on any atom is -0.343 e. The molecule has 0 radical (unpaired) electrons. The average molecular weight is 310 g/mol. The molecular weight excluding hydrogens is 292 g/mol. The van der Waals surface area contributed by atoms with E-state index in [1.165, 1.54) is 4.88 Å². The fourth-order valence-corrected chi connectivity index (χ4v) is 3.39. The van der Waals surface area contributed by atoms with Gasteiger partial charge < -0.3 is 5.32 Å². The number of nitrogens with zero attached hydrogens (tertiary/aromatic N) is 1. The molecule has 3 rings (SSSR count). The molecule has 0 saturated carbocycles. The molecule has 0 spiro atoms. The van der Waals surface area contributed by atoms with E-state index in [0.29, 0.717) is 11.6 Å². The molecule has 0 fully saturated rings. The molecular formula is C18H18N2OS. The number of pyridine rings is 1. The molecule has 0 aliphatic rings. The highest BCUT2D eigenvalue weighted by atomic mass is 32.1. The van der Waals surface area contributed by atoms with Gasteiger partial charge >= 0.3 is 0 Å². The maximum atomic E-state index is 12.5. The number of carbonyl (C=O) groups excluding carboxylic acids is 1. The first-order valence-corrected chi connectivity index (χ1v) is 8.23. The van der Waals surface area contributed by atoms with Crippen LogP contribution in [0.5, 0.6) is 0 Å². The molecule has 2 aromatic heterocycles. The topological polar surface area (TPSA) is 42.0 Å². The smallest absolute Gasteiger partial charge is 0.270 e. The zero-order chi connectivity index (χ0) is 15.5. The minimum absolute atomic E-state index is 0.0146. The van der Waals surface area contributed by atoms with Crippen molar-refractivity contribution < 1.29 is 4.79 Å². The minimum atomic E-state index is -0.127. The summed E-state index contributed by atoms with van der Waals surface area (Å²) in [6.07, 6.45) is 0. The van der Waals surface area contributed by atoms with Crippen LogP contribution >= 0.6 is 11.3 Å². The maximum Gasteiger partial charge on any atom is 0.270 e. The largest absolute Gasteiger partial charge is 0.343 e. The fourth-order valence-electron chi connectivity index (χ4n) is 2.44. The Labute approximate surface area is 134 Å². The number of carbonyl (C=O) groups is 1. The van der Waals surface area contributed by atoms with Gasteiger partial charge in [-0.15, -0.1) is 11.3 Å². The van der Waals surface area contributed by atoms with Crippen molar-refractivity contribution in [1.29, 1.82) is 0 Å². The van der Waals surface area contributed by atoms with Gasteiger partial charge in [-0.1, -0.05) is 44.2 Å². The second kappa shape index (κ2) is 6.28. The van der Waals surface area contributed by atoms with Crippen molar-refractivity contribution in [3.8, 4) is 0 Å². The number of thiophene rings is 1. The summed E-state index contributed by atoms with van der Waals surface area (Å²) >= 11 is 1.66. The number of rotatable bonds is 4. The quantitative estimate of drug-likeness (QED) is 0.775. The molecule has 1 amide bonds. The number of hydrogen-bond donors (Lipinski definition) is 1. The number of fused-ring (bicyclic) bond motifs is 1. The van der Waals surface area contributed by atoms with Crippen molar-refractivity contribution in [1.82, 2.24) is 10.3 Å². The van der Waals surface area contributed by atoms with Gasteiger partial charge in [-0.25, -0.2) is 4.98 Å². The summed E-state index contributed by atoms with van der Waals surface area (Å²) in [4.78, 5) is 18.2. The molecule has 112 valence electrons. The van der Waals surface area contributed by atoms with Crippen LogP contribution in [0.15, 0.2) is 53.9 Å². The van der Waals surface area contributed by atoms with E-state index in [-0.39, 0.29) is 11.9 Å². The first-order chi connectivity index (χ1) is 10.6. The second-order valence-electron chi connectivity index (χ2n) is 5.60. The highest BCUT2D eigenvalue weighted by Crippen LogP contribution is 2.26. The Morgan fingerprint density at radius 2 is 1.91 bits per heavy atom. The van der Waals surface area contributed by atoms with Gasteiger partial charge in [0, 0.05) is 10.3 Å². The second-order valence-corrected chi connectivity index (χ2v) is 6.58. The maximum absolute atomic E-state index is 12.5. The van der Waals surface area contributed by atoms with E-state index in [2.05, 4.69) is 30.2 Å². The van der Waals surface area contributed by atoms with Gasteiger partial charge in [0.2, 0.25) is 0 Å². The lowest BCUT2D eigenvalue weighted by Gasteiger charge is -2.21. The lowest BCUT2D eigenvalue weighted by molar-refractivity contribution is 0.0922. The van der Waals surface area contributed by atoms with E-state index in [9.17, 15) is 4.79 Å². The molecule has 0 aliphatic carbocycles. The molecule has 1 aromatic carbocycles. The van der Waals surface area contributed by atoms with Crippen LogP contribution in [-0.2, 0) is 0 Å². The number of aromatic nitrogens is 1. The van der Waals surface area contributed by atoms with Crippen molar-refractivity contribution in [2.45, 2.75) is 19.9 Å². The van der Waals surface area contributed by atoms with Gasteiger partial charge in [-0.2, -0.15) is 0 Å². The third-order valence-corrected chi connectivity index (χ3v) is 4.59. The van der Waals surface area contributed by atoms with E-state index in [0.717, 1.165) is 10.9 Å². The lowest BCUT2D eigenvalue weighted by atomic mass is 10.0. The first kappa shape index (κ1) is 14.7. The third kappa shape index (κ3) is 3.02. The number of amides is 1. The monoisotopic (exact) mass is 310 g/mol. The Balaban J connectivity index is 1.85. The zero-order valence-electron chi connectivity index (χ0n) is 12.6. The van der Waals surface area contributed by atoms with E-state index >= 15 is 0 Å². The van der Waals surface area contributed by atoms with Gasteiger partial charge in [0.15, 0.2) is 0 Å². The summed E-state index contributed by atoms with van der Waals surface area (Å²) in [6, 6.07) is 15.6. The molecule has 0 bridgehead atoms. The third-order valence-electron chi connectivity index (χ3n) is 3.63. The Morgan fingerprint density at radius 1 is 1.09 bits per heavy atom. The van der Waals surface area contributed by atoms with Crippen LogP contribution < -0.4 is 5.32 Å². The molecule has 0 unspecified atom stereocenters. The summed E-state index contributed by atoms with van der Waals surface area (Å²) in [5.41, 5.74) is 1.30. The summed E-state index contributed by atoms with van der Waals surface area (Å²) in [6.45, 7) is 4.22. The van der Waals surface area contributed by atoms with Crippen molar-refractivity contribution in [2.75, 3.05) is 0 Å². The Bertz CT molecular complexity index is 781. The van der Waals surface area contributed by atoms with Crippen molar-refractivity contribution in [2.24, 2.45) is 5.92 Å². The van der Waals surface area contributed by atoms with Gasteiger partial charge in [0.1, 0.15) is 5.69 Å². The van der Waals surface area contributed by atoms with Gasteiger partial charge in [0.25, 0.3) is 5.91 Å². The van der Waals surface area contributed by atoms with Crippen LogP contribution in [-0.4, -0.2) is 10.9 Å². The Morgan fingerprint density at radius 3 is 2.64 bits per heavy atom. The van der Waals surface area contributed by atoms with E-state index in [4.69, 9.17) is 0 Å². The summed E-state index contributed by atoms with van der Waals surface area (Å²) < 4.78 is 0. The zero-order valence-corrected chi connectivity index (χ0v) is 13.4. The number of para-hydroxylation sites is 1. The molecule has 22 heavy (non-hydrogen) atoms. The van der Waals surface area contributed by atoms with Gasteiger partial charge in [-0.05, 0) is 29.5 Å². The average Bonchev–Trinajstić information content (AvgIpc) is 3.05. The summed E-state index contributed by atoms with van der Waals surface area (Å²) in [5.74, 6) is 0.195. The van der Waals surface area contributed by atoms with E-state index in [1.54, 1.807) is 17.4 Å². The van der Waals surface area contributed by atoms with Crippen molar-refractivity contribution in [3.63, 3.8) is 0 Å². The van der Waals surface area contributed by atoms with Gasteiger partial charge in [0.05, 0.1) is 11.6 Å². The predicted molar refractivity (Wildman–Crippen MR) is 91.1 cm³/mol. The number of nitrogens with one attached hydrogen (secondary N) is 1. The first-order valence-electron chi connectivity index (χ1n) is 7.35. The van der Waals surface area contributed by atoms with Crippen LogP contribution in [0, 0.1) is 5.92 Å². The summed E-state index contributed by atoms with van der Waals surface area (Å²) in [7, 11) is 0. The Hall–Kier alpha value is -2.20. The van der Waals surface area contributed by atoms with Crippen molar-refractivity contribution in [3.05, 3.63) is 64.5 Å². The standard InChI is InChI=1S/C18H18N2OS/c1-12(2)17(16-8-5-11-22-16)20-18(21)15-10-9-13-6-3-4-7-14(13)19-15/h3-12,17H,1-2H3,(H,20,21)/t17-/m0/s1. The molecule has 4 heteroatoms. The van der Waals surface area contributed by atoms with Crippen LogP contribution in [0.2, 0.25) is 0 Å². The van der Waals surface area contributed by atoms with Crippen LogP contribution in [0.1, 0.15) is 35.3 Å². The highest BCUT2D eigenvalue weighted by molar-refractivity contribution is 7.10. The van der Waals surface area contributed by atoms with E-state index in [1.807, 2.05) is 41.8 Å². The lowest BCUT2D eigenvalue weighted by Crippen LogP contribution is -2.31. The number of benzene rings is 1. The molecule has 2 heterocycles. The molecule has 0 saturated heterocycles. The fraction of sp³-hybridized carbons (Fsp3) is 0.222. The predicted octanol–water partition coefficient (Wildman–Crippen LogP) is 4.42. The highest BCUT2D eigenvalue weighted by Gasteiger charge is 2.20. The molecule has 1 N–H and O–H groups in total. The molecule has 1 atom stereocenters.